The van der Waals surface area contributed by atoms with E-state index in [1.165, 1.54) is 5.56 Å². The highest BCUT2D eigenvalue weighted by Crippen LogP contribution is 2.12. The Bertz CT molecular complexity index is 589. The van der Waals surface area contributed by atoms with Crippen molar-refractivity contribution in [3.63, 3.8) is 0 Å². The van der Waals surface area contributed by atoms with Crippen LogP contribution in [0.15, 0.2) is 36.5 Å². The van der Waals surface area contributed by atoms with Crippen LogP contribution in [0.5, 0.6) is 0 Å². The van der Waals surface area contributed by atoms with Crippen LogP contribution in [-0.4, -0.2) is 14.9 Å². The fourth-order valence-corrected chi connectivity index (χ4v) is 2.34. The van der Waals surface area contributed by atoms with Crippen LogP contribution in [0.4, 0.5) is 5.69 Å². The van der Waals surface area contributed by atoms with Crippen LogP contribution in [0.1, 0.15) is 38.1 Å². The van der Waals surface area contributed by atoms with Crippen molar-refractivity contribution in [2.24, 2.45) is 0 Å². The molecule has 0 aliphatic rings. The van der Waals surface area contributed by atoms with Gasteiger partial charge in [0, 0.05) is 18.4 Å². The van der Waals surface area contributed by atoms with E-state index >= 15 is 0 Å². The van der Waals surface area contributed by atoms with Crippen LogP contribution < -0.4 is 10.6 Å². The number of hydrogen-bond acceptors (Lipinski definition) is 2. The highest BCUT2D eigenvalue weighted by molar-refractivity contribution is 7.80. The molecule has 0 aliphatic heterocycles. The minimum Gasteiger partial charge on any atom is -0.354 e. The lowest BCUT2D eigenvalue weighted by atomic mass is 10.1. The molecule has 21 heavy (non-hydrogen) atoms. The molecule has 0 fully saturated rings. The monoisotopic (exact) mass is 302 g/mol. The van der Waals surface area contributed by atoms with Gasteiger partial charge in [-0.2, -0.15) is 5.10 Å². The second-order valence-corrected chi connectivity index (χ2v) is 5.38. The van der Waals surface area contributed by atoms with E-state index in [4.69, 9.17) is 12.2 Å². The first-order chi connectivity index (χ1) is 10.1. The summed E-state index contributed by atoms with van der Waals surface area (Å²) in [6.45, 7) is 7.14. The average Bonchev–Trinajstić information content (AvgIpc) is 2.97. The van der Waals surface area contributed by atoms with E-state index in [0.29, 0.717) is 5.11 Å². The fourth-order valence-electron chi connectivity index (χ4n) is 2.05. The zero-order valence-corrected chi connectivity index (χ0v) is 13.6. The highest BCUT2D eigenvalue weighted by atomic mass is 32.1. The molecule has 2 aromatic rings. The minimum atomic E-state index is 0.0766. The lowest BCUT2D eigenvalue weighted by molar-refractivity contribution is 0.613. The Morgan fingerprint density at radius 2 is 1.95 bits per heavy atom. The van der Waals surface area contributed by atoms with Gasteiger partial charge in [0.1, 0.15) is 0 Å². The Labute approximate surface area is 131 Å². The van der Waals surface area contributed by atoms with E-state index < -0.39 is 0 Å². The summed E-state index contributed by atoms with van der Waals surface area (Å²) in [6, 6.07) is 10.4. The number of rotatable bonds is 5. The topological polar surface area (TPSA) is 41.9 Å². The van der Waals surface area contributed by atoms with Gasteiger partial charge in [-0.3, -0.25) is 4.68 Å². The van der Waals surface area contributed by atoms with Crippen molar-refractivity contribution >= 4 is 23.0 Å². The lowest BCUT2D eigenvalue weighted by Gasteiger charge is -2.15. The number of hydrogen-bond donors (Lipinski definition) is 2. The molecule has 2 rings (SSSR count). The zero-order valence-electron chi connectivity index (χ0n) is 12.8. The summed E-state index contributed by atoms with van der Waals surface area (Å²) in [4.78, 5) is 0. The fraction of sp³-hybridized carbons (Fsp3) is 0.375. The molecule has 0 amide bonds. The van der Waals surface area contributed by atoms with Gasteiger partial charge in [-0.05, 0) is 56.2 Å². The van der Waals surface area contributed by atoms with Crippen LogP contribution in [0.25, 0.3) is 0 Å². The summed E-state index contributed by atoms with van der Waals surface area (Å²) in [7, 11) is 0. The number of thiocarbonyl (C=S) groups is 1. The van der Waals surface area contributed by atoms with Crippen LogP contribution >= 0.6 is 12.2 Å². The van der Waals surface area contributed by atoms with Crippen molar-refractivity contribution in [3.05, 3.63) is 47.8 Å². The van der Waals surface area contributed by atoms with Crippen molar-refractivity contribution in [2.75, 3.05) is 5.32 Å². The van der Waals surface area contributed by atoms with Crippen molar-refractivity contribution < 1.29 is 0 Å². The van der Waals surface area contributed by atoms with Crippen molar-refractivity contribution in [1.82, 2.24) is 15.1 Å². The van der Waals surface area contributed by atoms with Crippen LogP contribution in [0, 0.1) is 0 Å². The van der Waals surface area contributed by atoms with E-state index in [1.54, 1.807) is 0 Å². The maximum Gasteiger partial charge on any atom is 0.171 e. The maximum atomic E-state index is 5.35. The predicted octanol–water partition coefficient (Wildman–Crippen LogP) is 3.51. The Morgan fingerprint density at radius 1 is 1.24 bits per heavy atom. The first kappa shape index (κ1) is 15.5. The van der Waals surface area contributed by atoms with Gasteiger partial charge in [-0.1, -0.05) is 19.1 Å². The summed E-state index contributed by atoms with van der Waals surface area (Å²) >= 11 is 5.35. The Morgan fingerprint density at radius 3 is 2.52 bits per heavy atom. The molecule has 1 heterocycles. The van der Waals surface area contributed by atoms with E-state index in [-0.39, 0.29) is 6.04 Å². The molecule has 0 spiro atoms. The standard InChI is InChI=1S/C16H22N4S/c1-4-13-6-8-14(9-7-13)18-16(21)17-12(3)15-10-11-20(5-2)19-15/h6-12H,4-5H2,1-3H3,(H2,17,18,21). The molecular weight excluding hydrogens is 280 g/mol. The number of nitrogens with one attached hydrogen (secondary N) is 2. The molecule has 0 radical (unpaired) electrons. The van der Waals surface area contributed by atoms with Crippen molar-refractivity contribution in [1.29, 1.82) is 0 Å². The SMILES string of the molecule is CCc1ccc(NC(=S)NC(C)c2ccn(CC)n2)cc1. The first-order valence-corrected chi connectivity index (χ1v) is 7.73. The van der Waals surface area contributed by atoms with Crippen molar-refractivity contribution in [3.8, 4) is 0 Å². The quantitative estimate of drug-likeness (QED) is 0.829. The van der Waals surface area contributed by atoms with Crippen LogP contribution in [0.3, 0.4) is 0 Å². The molecule has 2 N–H and O–H groups in total. The number of aryl methyl sites for hydroxylation is 2. The third-order valence-electron chi connectivity index (χ3n) is 3.40. The third kappa shape index (κ3) is 4.29. The Kier molecular flexibility index (Phi) is 5.33. The van der Waals surface area contributed by atoms with Gasteiger partial charge < -0.3 is 10.6 Å². The summed E-state index contributed by atoms with van der Waals surface area (Å²) in [5.74, 6) is 0. The smallest absolute Gasteiger partial charge is 0.171 e. The Balaban J connectivity index is 1.91. The van der Waals surface area contributed by atoms with E-state index in [0.717, 1.165) is 24.3 Å². The average molecular weight is 302 g/mol. The van der Waals surface area contributed by atoms with Gasteiger partial charge in [0.05, 0.1) is 11.7 Å². The largest absolute Gasteiger partial charge is 0.354 e. The van der Waals surface area contributed by atoms with E-state index in [2.05, 4.69) is 48.6 Å². The molecule has 1 atom stereocenters. The lowest BCUT2D eigenvalue weighted by Crippen LogP contribution is -2.31. The molecular formula is C16H22N4S. The van der Waals surface area contributed by atoms with Crippen molar-refractivity contribution in [2.45, 2.75) is 39.8 Å². The molecule has 4 nitrogen and oxygen atoms in total. The van der Waals surface area contributed by atoms with Crippen LogP contribution in [-0.2, 0) is 13.0 Å². The minimum absolute atomic E-state index is 0.0766. The van der Waals surface area contributed by atoms with E-state index in [9.17, 15) is 0 Å². The second kappa shape index (κ2) is 7.22. The molecule has 0 bridgehead atoms. The summed E-state index contributed by atoms with van der Waals surface area (Å²) in [5, 5.41) is 11.5. The van der Waals surface area contributed by atoms with Gasteiger partial charge in [-0.25, -0.2) is 0 Å². The Hall–Kier alpha value is -1.88. The predicted molar refractivity (Wildman–Crippen MR) is 91.5 cm³/mol. The molecule has 1 aromatic carbocycles. The summed E-state index contributed by atoms with van der Waals surface area (Å²) in [6.07, 6.45) is 3.02. The van der Waals surface area contributed by atoms with Gasteiger partial charge in [0.15, 0.2) is 5.11 Å². The zero-order chi connectivity index (χ0) is 15.2. The van der Waals surface area contributed by atoms with Crippen LogP contribution in [0.2, 0.25) is 0 Å². The molecule has 0 aliphatic carbocycles. The van der Waals surface area contributed by atoms with E-state index in [1.807, 2.05) is 29.1 Å². The third-order valence-corrected chi connectivity index (χ3v) is 3.62. The number of anilines is 1. The number of nitrogens with zero attached hydrogens (tertiary/aromatic N) is 2. The maximum absolute atomic E-state index is 5.35. The van der Waals surface area contributed by atoms with Gasteiger partial charge >= 0.3 is 0 Å². The molecule has 112 valence electrons. The highest BCUT2D eigenvalue weighted by Gasteiger charge is 2.10. The molecule has 5 heteroatoms. The first-order valence-electron chi connectivity index (χ1n) is 7.32. The number of benzene rings is 1. The normalized spacial score (nSPS) is 12.0. The number of aromatic nitrogens is 2. The van der Waals surface area contributed by atoms with Gasteiger partial charge in [0.2, 0.25) is 0 Å². The molecule has 1 aromatic heterocycles. The molecule has 1 unspecified atom stereocenters. The van der Waals surface area contributed by atoms with Gasteiger partial charge in [0.25, 0.3) is 0 Å². The summed E-state index contributed by atoms with van der Waals surface area (Å²) < 4.78 is 1.91. The summed E-state index contributed by atoms with van der Waals surface area (Å²) in [5.41, 5.74) is 3.30. The molecule has 0 saturated heterocycles. The van der Waals surface area contributed by atoms with Gasteiger partial charge in [-0.15, -0.1) is 0 Å². The second-order valence-electron chi connectivity index (χ2n) is 4.97. The molecule has 0 saturated carbocycles.